The average molecular weight is 260 g/mol. The van der Waals surface area contributed by atoms with Gasteiger partial charge in [-0.1, -0.05) is 5.16 Å². The predicted octanol–water partition coefficient (Wildman–Crippen LogP) is 1.62. The lowest BCUT2D eigenvalue weighted by Crippen LogP contribution is -2.19. The van der Waals surface area contributed by atoms with Gasteiger partial charge in [0, 0.05) is 12.7 Å². The normalized spacial score (nSPS) is 13.4. The Balaban J connectivity index is 2.00. The topological polar surface area (TPSA) is 96.7 Å². The van der Waals surface area contributed by atoms with Gasteiger partial charge in [-0.2, -0.15) is 0 Å². The van der Waals surface area contributed by atoms with Gasteiger partial charge in [-0.25, -0.2) is 0 Å². The minimum Gasteiger partial charge on any atom is -0.468 e. The van der Waals surface area contributed by atoms with E-state index in [9.17, 15) is 0 Å². The van der Waals surface area contributed by atoms with Crippen LogP contribution >= 0.6 is 0 Å². The average Bonchev–Trinajstić information content (AvgIpc) is 2.98. The van der Waals surface area contributed by atoms with Crippen molar-refractivity contribution in [1.82, 2.24) is 10.3 Å². The molecule has 0 fully saturated rings. The molecule has 4 N–H and O–H groups in total. The minimum absolute atomic E-state index is 0.000864. The standard InChI is InChI=1S/C13H16N4O2/c1-9(12-3-2-6-19-12)16-8-10-4-5-15-11(7-10)13(14)17-18/h2-7,9,16,18H,8H2,1H3,(H2,14,17). The van der Waals surface area contributed by atoms with Crippen molar-refractivity contribution in [3.8, 4) is 0 Å². The molecule has 0 aliphatic carbocycles. The summed E-state index contributed by atoms with van der Waals surface area (Å²) in [4.78, 5) is 4.03. The highest BCUT2D eigenvalue weighted by Gasteiger charge is 2.08. The van der Waals surface area contributed by atoms with E-state index in [4.69, 9.17) is 15.4 Å². The molecule has 2 aromatic heterocycles. The Morgan fingerprint density at radius 2 is 2.42 bits per heavy atom. The molecule has 0 aromatic carbocycles. The molecule has 0 amide bonds. The lowest BCUT2D eigenvalue weighted by Gasteiger charge is -2.11. The number of amidine groups is 1. The smallest absolute Gasteiger partial charge is 0.188 e. The van der Waals surface area contributed by atoms with E-state index in [0.29, 0.717) is 12.2 Å². The number of pyridine rings is 1. The molecular weight excluding hydrogens is 244 g/mol. The maximum Gasteiger partial charge on any atom is 0.188 e. The summed E-state index contributed by atoms with van der Waals surface area (Å²) in [5.74, 6) is 0.881. The lowest BCUT2D eigenvalue weighted by atomic mass is 10.2. The van der Waals surface area contributed by atoms with Gasteiger partial charge in [-0.3, -0.25) is 4.98 Å². The Bertz CT molecular complexity index is 552. The zero-order valence-electron chi connectivity index (χ0n) is 10.6. The van der Waals surface area contributed by atoms with Crippen molar-refractivity contribution in [2.24, 2.45) is 10.9 Å². The van der Waals surface area contributed by atoms with Gasteiger partial charge in [0.1, 0.15) is 11.5 Å². The number of furan rings is 1. The number of hydrogen-bond acceptors (Lipinski definition) is 5. The first-order valence-electron chi connectivity index (χ1n) is 5.90. The van der Waals surface area contributed by atoms with Crippen LogP contribution in [-0.4, -0.2) is 16.0 Å². The second kappa shape index (κ2) is 6.01. The summed E-state index contributed by atoms with van der Waals surface area (Å²) in [5, 5.41) is 14.9. The Hall–Kier alpha value is -2.34. The Morgan fingerprint density at radius 1 is 1.58 bits per heavy atom. The molecule has 0 aliphatic heterocycles. The van der Waals surface area contributed by atoms with Gasteiger partial charge in [0.05, 0.1) is 12.3 Å². The second-order valence-corrected chi connectivity index (χ2v) is 4.15. The molecule has 6 heteroatoms. The molecule has 0 aliphatic rings. The van der Waals surface area contributed by atoms with Crippen LogP contribution in [0.5, 0.6) is 0 Å². The van der Waals surface area contributed by atoms with E-state index >= 15 is 0 Å². The number of nitrogens with zero attached hydrogens (tertiary/aromatic N) is 2. The van der Waals surface area contributed by atoms with Gasteiger partial charge in [0.2, 0.25) is 0 Å². The largest absolute Gasteiger partial charge is 0.468 e. The molecule has 1 atom stereocenters. The van der Waals surface area contributed by atoms with Crippen molar-refractivity contribution in [2.75, 3.05) is 0 Å². The highest BCUT2D eigenvalue weighted by atomic mass is 16.4. The quantitative estimate of drug-likeness (QED) is 0.328. The first-order chi connectivity index (χ1) is 9.20. The zero-order valence-corrected chi connectivity index (χ0v) is 10.6. The molecule has 0 radical (unpaired) electrons. The number of nitrogens with one attached hydrogen (secondary N) is 1. The number of nitrogens with two attached hydrogens (primary N) is 1. The van der Waals surface area contributed by atoms with E-state index in [1.54, 1.807) is 18.5 Å². The molecule has 2 heterocycles. The Labute approximate surface area is 110 Å². The van der Waals surface area contributed by atoms with Crippen LogP contribution in [0, 0.1) is 0 Å². The van der Waals surface area contributed by atoms with Gasteiger partial charge >= 0.3 is 0 Å². The minimum atomic E-state index is 0.000864. The summed E-state index contributed by atoms with van der Waals surface area (Å²) in [6.45, 7) is 2.65. The molecule has 1 unspecified atom stereocenters. The van der Waals surface area contributed by atoms with Crippen LogP contribution in [-0.2, 0) is 6.54 Å². The van der Waals surface area contributed by atoms with Crippen molar-refractivity contribution in [3.63, 3.8) is 0 Å². The first-order valence-corrected chi connectivity index (χ1v) is 5.90. The van der Waals surface area contributed by atoms with E-state index in [0.717, 1.165) is 11.3 Å². The highest BCUT2D eigenvalue weighted by Crippen LogP contribution is 2.13. The van der Waals surface area contributed by atoms with E-state index < -0.39 is 0 Å². The number of oxime groups is 1. The van der Waals surface area contributed by atoms with Crippen molar-refractivity contribution in [1.29, 1.82) is 0 Å². The van der Waals surface area contributed by atoms with Gasteiger partial charge in [0.25, 0.3) is 0 Å². The maximum absolute atomic E-state index is 8.62. The Morgan fingerprint density at radius 3 is 3.11 bits per heavy atom. The summed E-state index contributed by atoms with van der Waals surface area (Å²) in [6, 6.07) is 7.53. The molecular formula is C13H16N4O2. The van der Waals surface area contributed by atoms with Crippen LogP contribution in [0.25, 0.3) is 0 Å². The van der Waals surface area contributed by atoms with Gasteiger partial charge in [0.15, 0.2) is 5.84 Å². The van der Waals surface area contributed by atoms with Crippen LogP contribution in [0.3, 0.4) is 0 Å². The number of rotatable bonds is 5. The molecule has 0 saturated carbocycles. The van der Waals surface area contributed by atoms with Crippen molar-refractivity contribution < 1.29 is 9.62 Å². The molecule has 2 aromatic rings. The molecule has 6 nitrogen and oxygen atoms in total. The van der Waals surface area contributed by atoms with Gasteiger partial charge in [-0.05, 0) is 36.8 Å². The van der Waals surface area contributed by atoms with Crippen LogP contribution in [0.4, 0.5) is 0 Å². The third-order valence-electron chi connectivity index (χ3n) is 2.78. The van der Waals surface area contributed by atoms with Crippen molar-refractivity contribution in [3.05, 3.63) is 53.7 Å². The molecule has 0 bridgehead atoms. The summed E-state index contributed by atoms with van der Waals surface area (Å²) >= 11 is 0. The fourth-order valence-electron chi connectivity index (χ4n) is 1.68. The van der Waals surface area contributed by atoms with E-state index in [2.05, 4.69) is 15.5 Å². The fraction of sp³-hybridized carbons (Fsp3) is 0.231. The number of aromatic nitrogens is 1. The van der Waals surface area contributed by atoms with Gasteiger partial charge in [-0.15, -0.1) is 0 Å². The van der Waals surface area contributed by atoms with Gasteiger partial charge < -0.3 is 20.7 Å². The number of hydrogen-bond donors (Lipinski definition) is 3. The third kappa shape index (κ3) is 3.32. The van der Waals surface area contributed by atoms with E-state index in [-0.39, 0.29) is 11.9 Å². The monoisotopic (exact) mass is 260 g/mol. The lowest BCUT2D eigenvalue weighted by molar-refractivity contribution is 0.318. The molecule has 100 valence electrons. The van der Waals surface area contributed by atoms with Crippen LogP contribution in [0.1, 0.15) is 30.0 Å². The van der Waals surface area contributed by atoms with E-state index in [1.807, 2.05) is 25.1 Å². The summed E-state index contributed by atoms with van der Waals surface area (Å²) in [7, 11) is 0. The van der Waals surface area contributed by atoms with E-state index in [1.165, 1.54) is 0 Å². The SMILES string of the molecule is CC(NCc1ccnc(C(N)=NO)c1)c1ccco1. The van der Waals surface area contributed by atoms with Crippen LogP contribution in [0.15, 0.2) is 46.3 Å². The maximum atomic E-state index is 8.62. The molecule has 2 rings (SSSR count). The fourth-order valence-corrected chi connectivity index (χ4v) is 1.68. The van der Waals surface area contributed by atoms with Crippen molar-refractivity contribution in [2.45, 2.75) is 19.5 Å². The predicted molar refractivity (Wildman–Crippen MR) is 70.7 cm³/mol. The Kier molecular flexibility index (Phi) is 4.15. The van der Waals surface area contributed by atoms with Crippen LogP contribution in [0.2, 0.25) is 0 Å². The van der Waals surface area contributed by atoms with Crippen LogP contribution < -0.4 is 11.1 Å². The molecule has 0 spiro atoms. The van der Waals surface area contributed by atoms with Crippen molar-refractivity contribution >= 4 is 5.84 Å². The first kappa shape index (κ1) is 13.1. The summed E-state index contributed by atoms with van der Waals surface area (Å²) in [5.41, 5.74) is 6.95. The highest BCUT2D eigenvalue weighted by molar-refractivity contribution is 5.95. The molecule has 0 saturated heterocycles. The molecule has 19 heavy (non-hydrogen) atoms. The second-order valence-electron chi connectivity index (χ2n) is 4.15. The zero-order chi connectivity index (χ0) is 13.7. The summed E-state index contributed by atoms with van der Waals surface area (Å²) in [6.07, 6.45) is 3.28. The third-order valence-corrected chi connectivity index (χ3v) is 2.78. The summed E-state index contributed by atoms with van der Waals surface area (Å²) < 4.78 is 5.32.